The summed E-state index contributed by atoms with van der Waals surface area (Å²) in [5, 5.41) is 16.3. The van der Waals surface area contributed by atoms with Gasteiger partial charge in [0.1, 0.15) is 6.04 Å². The van der Waals surface area contributed by atoms with E-state index in [1.165, 1.54) is 5.69 Å². The molecule has 1 aliphatic heterocycles. The number of carbonyl (C=O) groups is 1. The van der Waals surface area contributed by atoms with Gasteiger partial charge in [0.2, 0.25) is 0 Å². The minimum absolute atomic E-state index is 0.319. The average molecular weight is 237 g/mol. The molecule has 0 amide bonds. The van der Waals surface area contributed by atoms with Crippen molar-refractivity contribution in [1.29, 1.82) is 0 Å². The lowest BCUT2D eigenvalue weighted by atomic mass is 9.95. The third-order valence-electron chi connectivity index (χ3n) is 3.45. The Hall–Kier alpha value is -1.36. The zero-order chi connectivity index (χ0) is 12.3. The molecule has 1 aromatic heterocycles. The van der Waals surface area contributed by atoms with Crippen LogP contribution in [0.15, 0.2) is 12.3 Å². The molecule has 5 nitrogen and oxygen atoms in total. The van der Waals surface area contributed by atoms with Gasteiger partial charge in [0.15, 0.2) is 0 Å². The molecule has 0 radical (unpaired) electrons. The van der Waals surface area contributed by atoms with Crippen LogP contribution in [0.5, 0.6) is 0 Å². The summed E-state index contributed by atoms with van der Waals surface area (Å²) in [5.41, 5.74) is 1.20. The van der Waals surface area contributed by atoms with E-state index >= 15 is 0 Å². The molecular formula is C12H19N3O2. The highest BCUT2D eigenvalue weighted by Gasteiger charge is 2.25. The minimum atomic E-state index is -0.727. The molecule has 1 aromatic rings. The van der Waals surface area contributed by atoms with Crippen molar-refractivity contribution in [2.75, 3.05) is 0 Å². The summed E-state index contributed by atoms with van der Waals surface area (Å²) in [6.07, 6.45) is 6.53. The molecule has 0 aliphatic carbocycles. The van der Waals surface area contributed by atoms with Crippen LogP contribution in [0, 0.1) is 0 Å². The number of carboxylic acids is 1. The quantitative estimate of drug-likeness (QED) is 0.818. The van der Waals surface area contributed by atoms with Crippen molar-refractivity contribution >= 4 is 5.97 Å². The molecule has 0 saturated carbocycles. The predicted octanol–water partition coefficient (Wildman–Crippen LogP) is 0.948. The fourth-order valence-electron chi connectivity index (χ4n) is 2.41. The standard InChI is InChI=1S/C12H19N3O2/c1-15-10(7-8-13-15)6-5-9-3-2-4-11(14-9)12(16)17/h7-9,11,14H,2-6H2,1H3,(H,16,17). The summed E-state index contributed by atoms with van der Waals surface area (Å²) in [6.45, 7) is 0. The molecule has 1 saturated heterocycles. The predicted molar refractivity (Wildman–Crippen MR) is 63.7 cm³/mol. The largest absolute Gasteiger partial charge is 0.480 e. The fraction of sp³-hybridized carbons (Fsp3) is 0.667. The van der Waals surface area contributed by atoms with Crippen molar-refractivity contribution in [3.8, 4) is 0 Å². The zero-order valence-corrected chi connectivity index (χ0v) is 10.1. The second-order valence-corrected chi connectivity index (χ2v) is 4.67. The highest BCUT2D eigenvalue weighted by Crippen LogP contribution is 2.17. The van der Waals surface area contributed by atoms with Crippen LogP contribution in [0.25, 0.3) is 0 Å². The topological polar surface area (TPSA) is 67.2 Å². The smallest absolute Gasteiger partial charge is 0.320 e. The monoisotopic (exact) mass is 237 g/mol. The number of carboxylic acid groups (broad SMARTS) is 1. The maximum atomic E-state index is 10.9. The van der Waals surface area contributed by atoms with E-state index in [2.05, 4.69) is 10.4 Å². The molecule has 0 aromatic carbocycles. The maximum absolute atomic E-state index is 10.9. The SMILES string of the molecule is Cn1nccc1CCC1CCCC(C(=O)O)N1. The lowest BCUT2D eigenvalue weighted by Crippen LogP contribution is -2.46. The second-order valence-electron chi connectivity index (χ2n) is 4.67. The van der Waals surface area contributed by atoms with Gasteiger partial charge in [-0.25, -0.2) is 0 Å². The molecule has 2 N–H and O–H groups in total. The van der Waals surface area contributed by atoms with Crippen molar-refractivity contribution in [1.82, 2.24) is 15.1 Å². The van der Waals surface area contributed by atoms with Crippen LogP contribution in [-0.2, 0) is 18.3 Å². The first kappa shape index (κ1) is 12.1. The Morgan fingerprint density at radius 2 is 2.47 bits per heavy atom. The van der Waals surface area contributed by atoms with E-state index in [1.807, 2.05) is 17.8 Å². The van der Waals surface area contributed by atoms with E-state index in [-0.39, 0.29) is 6.04 Å². The van der Waals surface area contributed by atoms with E-state index in [1.54, 1.807) is 6.20 Å². The number of aliphatic carboxylic acids is 1. The van der Waals surface area contributed by atoms with Crippen molar-refractivity contribution in [2.45, 2.75) is 44.2 Å². The first-order chi connectivity index (χ1) is 8.16. The Morgan fingerprint density at radius 1 is 1.65 bits per heavy atom. The normalized spacial score (nSPS) is 24.8. The Kier molecular flexibility index (Phi) is 3.78. The lowest BCUT2D eigenvalue weighted by molar-refractivity contribution is -0.140. The first-order valence-corrected chi connectivity index (χ1v) is 6.12. The van der Waals surface area contributed by atoms with Crippen LogP contribution in [0.3, 0.4) is 0 Å². The molecular weight excluding hydrogens is 218 g/mol. The molecule has 17 heavy (non-hydrogen) atoms. The summed E-state index contributed by atoms with van der Waals surface area (Å²) in [5.74, 6) is -0.727. The van der Waals surface area contributed by atoms with Crippen LogP contribution >= 0.6 is 0 Å². The van der Waals surface area contributed by atoms with Crippen molar-refractivity contribution in [2.24, 2.45) is 7.05 Å². The Labute approximate surface area is 101 Å². The number of aromatic nitrogens is 2. The number of nitrogens with zero attached hydrogens (tertiary/aromatic N) is 2. The number of aryl methyl sites for hydroxylation is 2. The van der Waals surface area contributed by atoms with Gasteiger partial charge in [-0.05, 0) is 38.2 Å². The van der Waals surface area contributed by atoms with E-state index in [9.17, 15) is 4.79 Å². The van der Waals surface area contributed by atoms with Gasteiger partial charge in [0.25, 0.3) is 0 Å². The Balaban J connectivity index is 1.83. The molecule has 0 spiro atoms. The van der Waals surface area contributed by atoms with E-state index in [0.717, 1.165) is 32.1 Å². The Bertz CT molecular complexity index is 389. The van der Waals surface area contributed by atoms with Crippen molar-refractivity contribution < 1.29 is 9.90 Å². The summed E-state index contributed by atoms with van der Waals surface area (Å²) < 4.78 is 1.87. The zero-order valence-electron chi connectivity index (χ0n) is 10.1. The van der Waals surface area contributed by atoms with Crippen LogP contribution in [-0.4, -0.2) is 32.9 Å². The highest BCUT2D eigenvalue weighted by molar-refractivity contribution is 5.73. The molecule has 0 bridgehead atoms. The fourth-order valence-corrected chi connectivity index (χ4v) is 2.41. The van der Waals surface area contributed by atoms with Crippen LogP contribution in [0.1, 0.15) is 31.4 Å². The van der Waals surface area contributed by atoms with Gasteiger partial charge in [0, 0.05) is 25.0 Å². The van der Waals surface area contributed by atoms with Gasteiger partial charge >= 0.3 is 5.97 Å². The number of nitrogens with one attached hydrogen (secondary N) is 1. The van der Waals surface area contributed by atoms with E-state index < -0.39 is 5.97 Å². The summed E-state index contributed by atoms with van der Waals surface area (Å²) >= 11 is 0. The maximum Gasteiger partial charge on any atom is 0.320 e. The first-order valence-electron chi connectivity index (χ1n) is 6.12. The second kappa shape index (κ2) is 5.31. The van der Waals surface area contributed by atoms with Crippen molar-refractivity contribution in [3.63, 3.8) is 0 Å². The number of piperidine rings is 1. The van der Waals surface area contributed by atoms with Gasteiger partial charge < -0.3 is 10.4 Å². The summed E-state index contributed by atoms with van der Waals surface area (Å²) in [4.78, 5) is 10.9. The highest BCUT2D eigenvalue weighted by atomic mass is 16.4. The average Bonchev–Trinajstić information content (AvgIpc) is 2.72. The van der Waals surface area contributed by atoms with Gasteiger partial charge in [-0.2, -0.15) is 5.10 Å². The van der Waals surface area contributed by atoms with E-state index in [4.69, 9.17) is 5.11 Å². The minimum Gasteiger partial charge on any atom is -0.480 e. The number of hydrogen-bond acceptors (Lipinski definition) is 3. The van der Waals surface area contributed by atoms with Gasteiger partial charge in [-0.1, -0.05) is 0 Å². The summed E-state index contributed by atoms with van der Waals surface area (Å²) in [6, 6.07) is 1.97. The number of rotatable bonds is 4. The van der Waals surface area contributed by atoms with Crippen LogP contribution < -0.4 is 5.32 Å². The van der Waals surface area contributed by atoms with Gasteiger partial charge in [-0.3, -0.25) is 9.48 Å². The molecule has 94 valence electrons. The van der Waals surface area contributed by atoms with E-state index in [0.29, 0.717) is 6.04 Å². The number of hydrogen-bond donors (Lipinski definition) is 2. The molecule has 2 rings (SSSR count). The van der Waals surface area contributed by atoms with Gasteiger partial charge in [0.05, 0.1) is 0 Å². The molecule has 2 atom stereocenters. The third kappa shape index (κ3) is 3.06. The molecule has 2 heterocycles. The van der Waals surface area contributed by atoms with Crippen molar-refractivity contribution in [3.05, 3.63) is 18.0 Å². The summed E-state index contributed by atoms with van der Waals surface area (Å²) in [7, 11) is 1.93. The van der Waals surface area contributed by atoms with Crippen LogP contribution in [0.4, 0.5) is 0 Å². The molecule has 1 fully saturated rings. The van der Waals surface area contributed by atoms with Gasteiger partial charge in [-0.15, -0.1) is 0 Å². The lowest BCUT2D eigenvalue weighted by Gasteiger charge is -2.28. The molecule has 2 unspecified atom stereocenters. The molecule has 1 aliphatic rings. The Morgan fingerprint density at radius 3 is 3.12 bits per heavy atom. The molecule has 5 heteroatoms. The third-order valence-corrected chi connectivity index (χ3v) is 3.45. The van der Waals surface area contributed by atoms with Crippen LogP contribution in [0.2, 0.25) is 0 Å².